The second-order valence-electron chi connectivity index (χ2n) is 7.12. The van der Waals surface area contributed by atoms with Crippen molar-refractivity contribution in [2.24, 2.45) is 11.8 Å². The standard InChI is InChI=1S/C17H24/c1-17(2,3)16-7-5-4-6-14(16)15-11-12-8-9-13(15)10-12/h4-7,12-13,15H,8-11H2,1-3H3. The van der Waals surface area contributed by atoms with Gasteiger partial charge in [0.2, 0.25) is 0 Å². The molecule has 0 N–H and O–H groups in total. The molecule has 2 aliphatic rings. The number of rotatable bonds is 1. The maximum Gasteiger partial charge on any atom is -0.0128 e. The Morgan fingerprint density at radius 1 is 1.00 bits per heavy atom. The Hall–Kier alpha value is -0.780. The quantitative estimate of drug-likeness (QED) is 0.642. The molecular weight excluding hydrogens is 204 g/mol. The van der Waals surface area contributed by atoms with Gasteiger partial charge in [0.25, 0.3) is 0 Å². The zero-order valence-corrected chi connectivity index (χ0v) is 11.4. The highest BCUT2D eigenvalue weighted by atomic mass is 14.5. The minimum Gasteiger partial charge on any atom is -0.0620 e. The van der Waals surface area contributed by atoms with E-state index in [1.165, 1.54) is 25.7 Å². The van der Waals surface area contributed by atoms with Crippen LogP contribution in [0.2, 0.25) is 0 Å². The Labute approximate surface area is 105 Å². The molecule has 92 valence electrons. The van der Waals surface area contributed by atoms with Crippen LogP contribution in [0.5, 0.6) is 0 Å². The van der Waals surface area contributed by atoms with Gasteiger partial charge in [-0.1, -0.05) is 51.5 Å². The molecule has 1 aromatic carbocycles. The van der Waals surface area contributed by atoms with E-state index >= 15 is 0 Å². The normalized spacial score (nSPS) is 32.1. The third-order valence-electron chi connectivity index (χ3n) is 4.91. The van der Waals surface area contributed by atoms with Gasteiger partial charge in [0.05, 0.1) is 0 Å². The smallest absolute Gasteiger partial charge is 0.0128 e. The van der Waals surface area contributed by atoms with Crippen LogP contribution in [0.15, 0.2) is 24.3 Å². The van der Waals surface area contributed by atoms with Crippen molar-refractivity contribution in [3.05, 3.63) is 35.4 Å². The highest BCUT2D eigenvalue weighted by Crippen LogP contribution is 2.54. The Balaban J connectivity index is 1.98. The van der Waals surface area contributed by atoms with Crippen molar-refractivity contribution in [3.8, 4) is 0 Å². The molecule has 2 saturated carbocycles. The molecule has 0 heteroatoms. The minimum atomic E-state index is 0.290. The summed E-state index contributed by atoms with van der Waals surface area (Å²) in [6.07, 6.45) is 5.94. The molecule has 0 amide bonds. The van der Waals surface area contributed by atoms with Crippen LogP contribution in [0.4, 0.5) is 0 Å². The van der Waals surface area contributed by atoms with E-state index in [-0.39, 0.29) is 0 Å². The van der Waals surface area contributed by atoms with E-state index in [0.717, 1.165) is 17.8 Å². The Morgan fingerprint density at radius 2 is 1.76 bits per heavy atom. The van der Waals surface area contributed by atoms with Gasteiger partial charge in [-0.25, -0.2) is 0 Å². The summed E-state index contributed by atoms with van der Waals surface area (Å²) in [5.74, 6) is 2.89. The fraction of sp³-hybridized carbons (Fsp3) is 0.647. The molecule has 3 rings (SSSR count). The first-order valence-electron chi connectivity index (χ1n) is 7.15. The SMILES string of the molecule is CC(C)(C)c1ccccc1C1CC2CCC1C2. The van der Waals surface area contributed by atoms with Crippen LogP contribution >= 0.6 is 0 Å². The van der Waals surface area contributed by atoms with Crippen molar-refractivity contribution in [2.45, 2.75) is 57.8 Å². The van der Waals surface area contributed by atoms with Gasteiger partial charge in [0, 0.05) is 0 Å². The monoisotopic (exact) mass is 228 g/mol. The van der Waals surface area contributed by atoms with Gasteiger partial charge in [0.1, 0.15) is 0 Å². The number of fused-ring (bicyclic) bond motifs is 2. The van der Waals surface area contributed by atoms with E-state index in [4.69, 9.17) is 0 Å². The lowest BCUT2D eigenvalue weighted by Gasteiger charge is -2.29. The lowest BCUT2D eigenvalue weighted by Crippen LogP contribution is -2.18. The zero-order chi connectivity index (χ0) is 12.0. The van der Waals surface area contributed by atoms with Crippen molar-refractivity contribution >= 4 is 0 Å². The van der Waals surface area contributed by atoms with Crippen LogP contribution in [-0.4, -0.2) is 0 Å². The van der Waals surface area contributed by atoms with Gasteiger partial charge in [-0.15, -0.1) is 0 Å². The lowest BCUT2D eigenvalue weighted by atomic mass is 9.75. The van der Waals surface area contributed by atoms with Crippen molar-refractivity contribution < 1.29 is 0 Å². The molecule has 0 aliphatic heterocycles. The van der Waals surface area contributed by atoms with Crippen LogP contribution < -0.4 is 0 Å². The molecule has 2 fully saturated rings. The van der Waals surface area contributed by atoms with Gasteiger partial charge in [-0.05, 0) is 53.6 Å². The Kier molecular flexibility index (Phi) is 2.57. The molecule has 0 saturated heterocycles. The molecule has 0 radical (unpaired) electrons. The summed E-state index contributed by atoms with van der Waals surface area (Å²) in [7, 11) is 0. The summed E-state index contributed by atoms with van der Waals surface area (Å²) in [5, 5.41) is 0. The van der Waals surface area contributed by atoms with E-state index in [0.29, 0.717) is 5.41 Å². The molecule has 2 aliphatic carbocycles. The summed E-state index contributed by atoms with van der Waals surface area (Å²) in [5.41, 5.74) is 3.53. The van der Waals surface area contributed by atoms with Crippen molar-refractivity contribution in [1.82, 2.24) is 0 Å². The van der Waals surface area contributed by atoms with Crippen molar-refractivity contribution in [1.29, 1.82) is 0 Å². The second-order valence-corrected chi connectivity index (χ2v) is 7.12. The maximum absolute atomic E-state index is 2.39. The zero-order valence-electron chi connectivity index (χ0n) is 11.4. The average Bonchev–Trinajstić information content (AvgIpc) is 2.89. The third kappa shape index (κ3) is 1.92. The Morgan fingerprint density at radius 3 is 2.35 bits per heavy atom. The molecule has 0 nitrogen and oxygen atoms in total. The van der Waals surface area contributed by atoms with Crippen molar-refractivity contribution in [2.75, 3.05) is 0 Å². The summed E-state index contributed by atoms with van der Waals surface area (Å²) in [6.45, 7) is 7.04. The van der Waals surface area contributed by atoms with Crippen LogP contribution in [0, 0.1) is 11.8 Å². The average molecular weight is 228 g/mol. The highest BCUT2D eigenvalue weighted by molar-refractivity contribution is 5.37. The summed E-state index contributed by atoms with van der Waals surface area (Å²) in [6, 6.07) is 9.18. The van der Waals surface area contributed by atoms with E-state index in [1.54, 1.807) is 11.1 Å². The molecule has 0 heterocycles. The van der Waals surface area contributed by atoms with Crippen molar-refractivity contribution in [3.63, 3.8) is 0 Å². The molecule has 3 atom stereocenters. The molecular formula is C17H24. The predicted octanol–water partition coefficient (Wildman–Crippen LogP) is 4.89. The summed E-state index contributed by atoms with van der Waals surface area (Å²) in [4.78, 5) is 0. The van der Waals surface area contributed by atoms with E-state index < -0.39 is 0 Å². The molecule has 2 bridgehead atoms. The van der Waals surface area contributed by atoms with Gasteiger partial charge >= 0.3 is 0 Å². The predicted molar refractivity (Wildman–Crippen MR) is 73.3 cm³/mol. The summed E-state index contributed by atoms with van der Waals surface area (Å²) < 4.78 is 0. The largest absolute Gasteiger partial charge is 0.0620 e. The van der Waals surface area contributed by atoms with Gasteiger partial charge in [0.15, 0.2) is 0 Å². The maximum atomic E-state index is 2.39. The molecule has 17 heavy (non-hydrogen) atoms. The van der Waals surface area contributed by atoms with Gasteiger partial charge < -0.3 is 0 Å². The minimum absolute atomic E-state index is 0.290. The van der Waals surface area contributed by atoms with Gasteiger partial charge in [-0.2, -0.15) is 0 Å². The van der Waals surface area contributed by atoms with Gasteiger partial charge in [-0.3, -0.25) is 0 Å². The van der Waals surface area contributed by atoms with Crippen LogP contribution in [0.1, 0.15) is 63.5 Å². The molecule has 3 unspecified atom stereocenters. The number of hydrogen-bond acceptors (Lipinski definition) is 0. The lowest BCUT2D eigenvalue weighted by molar-refractivity contribution is 0.412. The number of hydrogen-bond donors (Lipinski definition) is 0. The van der Waals surface area contributed by atoms with Crippen LogP contribution in [0.25, 0.3) is 0 Å². The van der Waals surface area contributed by atoms with E-state index in [2.05, 4.69) is 45.0 Å². The first-order valence-corrected chi connectivity index (χ1v) is 7.15. The van der Waals surface area contributed by atoms with E-state index in [9.17, 15) is 0 Å². The topological polar surface area (TPSA) is 0 Å². The highest BCUT2D eigenvalue weighted by Gasteiger charge is 2.41. The molecule has 0 spiro atoms. The fourth-order valence-electron chi connectivity index (χ4n) is 4.13. The van der Waals surface area contributed by atoms with E-state index in [1.807, 2.05) is 0 Å². The first-order chi connectivity index (χ1) is 8.05. The Bertz CT molecular complexity index is 410. The number of benzene rings is 1. The molecule has 0 aromatic heterocycles. The third-order valence-corrected chi connectivity index (χ3v) is 4.91. The second kappa shape index (κ2) is 3.86. The summed E-state index contributed by atoms with van der Waals surface area (Å²) >= 11 is 0. The molecule has 1 aromatic rings. The first kappa shape index (κ1) is 11.3. The van der Waals surface area contributed by atoms with Crippen LogP contribution in [0.3, 0.4) is 0 Å². The fourth-order valence-corrected chi connectivity index (χ4v) is 4.13. The van der Waals surface area contributed by atoms with Crippen LogP contribution in [-0.2, 0) is 5.41 Å².